The lowest BCUT2D eigenvalue weighted by Crippen LogP contribution is -1.96. The first kappa shape index (κ1) is 6.59. The Kier molecular flexibility index (Phi) is 2.35. The molecule has 0 bridgehead atoms. The van der Waals surface area contributed by atoms with E-state index in [0.717, 1.165) is 0 Å². The Hall–Kier alpha value is -1.11. The van der Waals surface area contributed by atoms with Crippen LogP contribution in [0, 0.1) is 0 Å². The van der Waals surface area contributed by atoms with E-state index >= 15 is 0 Å². The molecule has 0 fully saturated rings. The van der Waals surface area contributed by atoms with Gasteiger partial charge in [0.2, 0.25) is 0 Å². The molecule has 1 aromatic rings. The van der Waals surface area contributed by atoms with Gasteiger partial charge in [-0.05, 0) is 6.42 Å². The number of rotatable bonds is 3. The van der Waals surface area contributed by atoms with Crippen LogP contribution in [0.3, 0.4) is 0 Å². The molecule has 1 heteroatoms. The Labute approximate surface area is 68.5 Å². The van der Waals surface area contributed by atoms with Crippen molar-refractivity contribution in [2.24, 2.45) is 0 Å². The Morgan fingerprint density at radius 3 is 2.64 bits per heavy atom. The van der Waals surface area contributed by atoms with Crippen LogP contribution in [0.4, 0.5) is 0 Å². The van der Waals surface area contributed by atoms with Crippen LogP contribution in [0.5, 0.6) is 0 Å². The minimum absolute atomic E-state index is 0.0851. The smallest absolute Gasteiger partial charge is 0.162 e. The molecule has 1 unspecified atom stereocenters. The molecule has 0 saturated heterocycles. The lowest BCUT2D eigenvalue weighted by molar-refractivity contribution is 0.0982. The van der Waals surface area contributed by atoms with Crippen LogP contribution in [-0.4, -0.2) is 5.78 Å². The predicted octanol–water partition coefficient (Wildman–Crippen LogP) is 2.67. The molecule has 0 radical (unpaired) electrons. The van der Waals surface area contributed by atoms with Gasteiger partial charge in [0.25, 0.3) is 0 Å². The van der Waals surface area contributed by atoms with Crippen molar-refractivity contribution in [3.63, 3.8) is 0 Å². The number of hydrogen-bond donors (Lipinski definition) is 0. The largest absolute Gasteiger partial charge is 0.294 e. The first-order valence-corrected chi connectivity index (χ1v) is 3.77. The molecule has 1 atom stereocenters. The second kappa shape index (κ2) is 3.91. The molecule has 58 valence electrons. The summed E-state index contributed by atoms with van der Waals surface area (Å²) in [6, 6.07) is 8.99. The van der Waals surface area contributed by atoms with Gasteiger partial charge >= 0.3 is 0 Å². The monoisotopic (exact) mass is 149 g/mol. The first-order chi connectivity index (χ1) is 5.75. The summed E-state index contributed by atoms with van der Waals surface area (Å²) in [5, 5.41) is 0. The van der Waals surface area contributed by atoms with Gasteiger partial charge in [0.05, 0.1) is 0 Å². The zero-order chi connectivity index (χ0) is 8.97. The maximum Gasteiger partial charge on any atom is 0.162 e. The fraction of sp³-hybridized carbons (Fsp3) is 0.300. The molecular formula is C10H12O. The molecule has 1 aromatic carbocycles. The molecule has 11 heavy (non-hydrogen) atoms. The van der Waals surface area contributed by atoms with Crippen molar-refractivity contribution in [2.45, 2.75) is 19.7 Å². The fourth-order valence-corrected chi connectivity index (χ4v) is 0.906. The van der Waals surface area contributed by atoms with Crippen LogP contribution in [-0.2, 0) is 0 Å². The summed E-state index contributed by atoms with van der Waals surface area (Å²) in [5.41, 5.74) is 0.638. The van der Waals surface area contributed by atoms with Gasteiger partial charge in [0, 0.05) is 13.3 Å². The van der Waals surface area contributed by atoms with Gasteiger partial charge in [-0.2, -0.15) is 0 Å². The number of benzene rings is 1. The van der Waals surface area contributed by atoms with Crippen molar-refractivity contribution >= 4 is 5.78 Å². The normalized spacial score (nSPS) is 13.7. The van der Waals surface area contributed by atoms with Crippen molar-refractivity contribution in [1.82, 2.24) is 0 Å². The van der Waals surface area contributed by atoms with Gasteiger partial charge in [-0.1, -0.05) is 37.3 Å². The van der Waals surface area contributed by atoms with E-state index in [1.165, 1.54) is 0 Å². The van der Waals surface area contributed by atoms with Crippen molar-refractivity contribution in [1.29, 1.82) is 0 Å². The molecule has 0 aliphatic rings. The van der Waals surface area contributed by atoms with E-state index in [-0.39, 0.29) is 5.78 Å². The molecule has 0 aromatic heterocycles. The lowest BCUT2D eigenvalue weighted by atomic mass is 10.1. The Bertz CT molecular complexity index is 256. The highest BCUT2D eigenvalue weighted by molar-refractivity contribution is 5.95. The van der Waals surface area contributed by atoms with Crippen molar-refractivity contribution in [3.8, 4) is 0 Å². The standard InChI is InChI=1S/C10H12O/c1-2-6-10(11)9-7-4-3-5-8-9/h3-5,7-8H,2,6H2,1H3/i6D. The summed E-state index contributed by atoms with van der Waals surface area (Å²) in [5.74, 6) is -0.0851. The zero-order valence-corrected chi connectivity index (χ0v) is 6.58. The first-order valence-electron chi connectivity index (χ1n) is 4.35. The van der Waals surface area contributed by atoms with E-state index < -0.39 is 6.40 Å². The van der Waals surface area contributed by atoms with E-state index in [1.54, 1.807) is 12.1 Å². The van der Waals surface area contributed by atoms with Gasteiger partial charge in [-0.25, -0.2) is 0 Å². The quantitative estimate of drug-likeness (QED) is 0.604. The summed E-state index contributed by atoms with van der Waals surface area (Å²) >= 11 is 0. The number of ketones is 1. The third-order valence-corrected chi connectivity index (χ3v) is 1.45. The van der Waals surface area contributed by atoms with E-state index in [1.807, 2.05) is 25.1 Å². The molecule has 1 rings (SSSR count). The molecule has 0 N–H and O–H groups in total. The second-order valence-electron chi connectivity index (χ2n) is 2.34. The molecular weight excluding hydrogens is 136 g/mol. The fourth-order valence-electron chi connectivity index (χ4n) is 0.906. The summed E-state index contributed by atoms with van der Waals surface area (Å²) < 4.78 is 7.41. The molecule has 1 nitrogen and oxygen atoms in total. The third-order valence-electron chi connectivity index (χ3n) is 1.45. The lowest BCUT2D eigenvalue weighted by Gasteiger charge is -1.96. The average molecular weight is 149 g/mol. The molecule has 0 heterocycles. The highest BCUT2D eigenvalue weighted by Crippen LogP contribution is 2.03. The highest BCUT2D eigenvalue weighted by Gasteiger charge is 2.01. The minimum Gasteiger partial charge on any atom is -0.294 e. The van der Waals surface area contributed by atoms with E-state index in [0.29, 0.717) is 12.0 Å². The van der Waals surface area contributed by atoms with Crippen LogP contribution in [0.15, 0.2) is 30.3 Å². The molecule has 0 aliphatic carbocycles. The Morgan fingerprint density at radius 1 is 1.45 bits per heavy atom. The Morgan fingerprint density at radius 2 is 2.09 bits per heavy atom. The number of hydrogen-bond acceptors (Lipinski definition) is 1. The van der Waals surface area contributed by atoms with Crippen LogP contribution >= 0.6 is 0 Å². The van der Waals surface area contributed by atoms with E-state index in [4.69, 9.17) is 1.37 Å². The van der Waals surface area contributed by atoms with E-state index in [9.17, 15) is 4.79 Å². The molecule has 0 spiro atoms. The number of carbonyl (C=O) groups excluding carboxylic acids is 1. The SMILES string of the molecule is [2H]C(CC)C(=O)c1ccccc1. The topological polar surface area (TPSA) is 17.1 Å². The van der Waals surface area contributed by atoms with Crippen molar-refractivity contribution in [2.75, 3.05) is 0 Å². The summed E-state index contributed by atoms with van der Waals surface area (Å²) in [6.45, 7) is 1.85. The summed E-state index contributed by atoms with van der Waals surface area (Å²) in [4.78, 5) is 11.4. The molecule has 0 aliphatic heterocycles. The van der Waals surface area contributed by atoms with Gasteiger partial charge in [0.1, 0.15) is 0 Å². The minimum atomic E-state index is -0.604. The van der Waals surface area contributed by atoms with Gasteiger partial charge < -0.3 is 0 Å². The molecule has 0 saturated carbocycles. The number of Topliss-reactive ketones (excluding diaryl/α,β-unsaturated/α-hetero) is 1. The third kappa shape index (κ3) is 2.19. The van der Waals surface area contributed by atoms with Crippen molar-refractivity contribution in [3.05, 3.63) is 35.9 Å². The van der Waals surface area contributed by atoms with E-state index in [2.05, 4.69) is 0 Å². The van der Waals surface area contributed by atoms with Crippen molar-refractivity contribution < 1.29 is 6.17 Å². The molecule has 0 amide bonds. The van der Waals surface area contributed by atoms with Gasteiger partial charge in [-0.3, -0.25) is 4.79 Å². The van der Waals surface area contributed by atoms with Crippen LogP contribution < -0.4 is 0 Å². The summed E-state index contributed by atoms with van der Waals surface area (Å²) in [6.07, 6.45) is -0.0271. The van der Waals surface area contributed by atoms with Crippen LogP contribution in [0.25, 0.3) is 0 Å². The predicted molar refractivity (Wildman–Crippen MR) is 45.7 cm³/mol. The van der Waals surface area contributed by atoms with Crippen LogP contribution in [0.1, 0.15) is 31.5 Å². The summed E-state index contributed by atoms with van der Waals surface area (Å²) in [7, 11) is 0. The Balaban J connectivity index is 2.79. The van der Waals surface area contributed by atoms with Gasteiger partial charge in [0.15, 0.2) is 5.78 Å². The second-order valence-corrected chi connectivity index (χ2v) is 2.34. The highest BCUT2D eigenvalue weighted by atomic mass is 16.1. The maximum absolute atomic E-state index is 11.4. The zero-order valence-electron chi connectivity index (χ0n) is 7.58. The number of carbonyl (C=O) groups is 1. The van der Waals surface area contributed by atoms with Gasteiger partial charge in [-0.15, -0.1) is 0 Å². The van der Waals surface area contributed by atoms with Crippen LogP contribution in [0.2, 0.25) is 0 Å². The average Bonchev–Trinajstić information content (AvgIpc) is 2.17. The maximum atomic E-state index is 11.4.